The van der Waals surface area contributed by atoms with E-state index in [1.807, 2.05) is 0 Å². The second-order valence-electron chi connectivity index (χ2n) is 18.0. The van der Waals surface area contributed by atoms with Crippen LogP contribution in [-0.4, -0.2) is 55.6 Å². The van der Waals surface area contributed by atoms with E-state index in [1.54, 1.807) is 11.1 Å². The smallest absolute Gasteiger partial charge is 0.0488 e. The minimum Gasteiger partial charge on any atom is -0.385 e. The molecule has 0 aromatic heterocycles. The molecule has 5 nitrogen and oxygen atoms in total. The minimum atomic E-state index is 0.503. The third-order valence-corrected chi connectivity index (χ3v) is 14.0. The van der Waals surface area contributed by atoms with Crippen molar-refractivity contribution in [3.63, 3.8) is 0 Å². The highest BCUT2D eigenvalue weighted by Crippen LogP contribution is 2.43. The summed E-state index contributed by atoms with van der Waals surface area (Å²) in [5, 5.41) is 7.10. The van der Waals surface area contributed by atoms with Crippen molar-refractivity contribution in [1.29, 1.82) is 0 Å². The zero-order valence-electron chi connectivity index (χ0n) is 35.9. The lowest BCUT2D eigenvalue weighted by Gasteiger charge is -2.33. The van der Waals surface area contributed by atoms with Gasteiger partial charge in [0.25, 0.3) is 0 Å². The number of hydrogen-bond donors (Lipinski definition) is 2. The molecule has 3 aromatic carbocycles. The molecule has 2 N–H and O–H groups in total. The molecule has 3 aromatic rings. The highest BCUT2D eigenvalue weighted by atomic mass is 15.2. The van der Waals surface area contributed by atoms with Gasteiger partial charge in [0.15, 0.2) is 0 Å². The zero-order chi connectivity index (χ0) is 39.7. The van der Waals surface area contributed by atoms with Gasteiger partial charge in [-0.05, 0) is 168 Å². The number of hydrogen-bond acceptors (Lipinski definition) is 5. The predicted octanol–water partition coefficient (Wildman–Crippen LogP) is 12.0. The van der Waals surface area contributed by atoms with Crippen molar-refractivity contribution in [2.75, 3.05) is 50.0 Å². The fourth-order valence-electron chi connectivity index (χ4n) is 10.5. The molecule has 1 atom stereocenters. The van der Waals surface area contributed by atoms with Crippen molar-refractivity contribution in [2.45, 2.75) is 135 Å². The Bertz CT molecular complexity index is 1840. The Morgan fingerprint density at radius 1 is 0.807 bits per heavy atom. The number of allylic oxidation sites excluding steroid dienone is 1. The van der Waals surface area contributed by atoms with E-state index in [-0.39, 0.29) is 0 Å². The number of piperidine rings is 1. The summed E-state index contributed by atoms with van der Waals surface area (Å²) in [5.41, 5.74) is 16.5. The molecule has 0 bridgehead atoms. The molecule has 1 saturated carbocycles. The Morgan fingerprint density at radius 3 is 2.39 bits per heavy atom. The molecular formula is C52H73N5. The summed E-state index contributed by atoms with van der Waals surface area (Å²) in [6.45, 7) is 25.5. The predicted molar refractivity (Wildman–Crippen MR) is 246 cm³/mol. The highest BCUT2D eigenvalue weighted by Gasteiger charge is 2.33. The largest absolute Gasteiger partial charge is 0.385 e. The summed E-state index contributed by atoms with van der Waals surface area (Å²) >= 11 is 0. The Balaban J connectivity index is 0.802. The molecule has 2 fully saturated rings. The summed E-state index contributed by atoms with van der Waals surface area (Å²) in [6, 6.07) is 19.4. The van der Waals surface area contributed by atoms with Gasteiger partial charge in [-0.3, -0.25) is 0 Å². The summed E-state index contributed by atoms with van der Waals surface area (Å²) in [6.07, 6.45) is 21.3. The van der Waals surface area contributed by atoms with Crippen molar-refractivity contribution in [3.8, 4) is 0 Å². The lowest BCUT2D eigenvalue weighted by molar-refractivity contribution is 0.207. The number of anilines is 2. The molecule has 1 saturated heterocycles. The van der Waals surface area contributed by atoms with Crippen LogP contribution in [-0.2, 0) is 19.5 Å². The van der Waals surface area contributed by atoms with E-state index in [9.17, 15) is 0 Å². The number of unbranched alkanes of at least 4 members (excludes halogenated alkanes) is 4. The van der Waals surface area contributed by atoms with Crippen LogP contribution in [0, 0.1) is 19.8 Å². The van der Waals surface area contributed by atoms with E-state index in [0.29, 0.717) is 12.0 Å². The van der Waals surface area contributed by atoms with Crippen molar-refractivity contribution in [3.05, 3.63) is 119 Å². The van der Waals surface area contributed by atoms with E-state index in [1.165, 1.54) is 147 Å². The van der Waals surface area contributed by atoms with E-state index in [2.05, 4.69) is 121 Å². The van der Waals surface area contributed by atoms with Gasteiger partial charge >= 0.3 is 0 Å². The van der Waals surface area contributed by atoms with Crippen LogP contribution < -0.4 is 15.5 Å². The van der Waals surface area contributed by atoms with Crippen molar-refractivity contribution >= 4 is 22.8 Å². The van der Waals surface area contributed by atoms with Gasteiger partial charge in [0, 0.05) is 59.6 Å². The van der Waals surface area contributed by atoms with Crippen molar-refractivity contribution in [2.24, 2.45) is 5.92 Å². The average Bonchev–Trinajstić information content (AvgIpc) is 3.94. The van der Waals surface area contributed by atoms with Crippen LogP contribution in [0.2, 0.25) is 0 Å². The maximum Gasteiger partial charge on any atom is 0.0488 e. The standard InChI is InChI=1S/C52H73N5/c1-7-8-18-47(23-27-53-6)57-37-52-50(41(57)5)31-38(2)32-51(52)43-24-29-55(30-25-43)28-15-11-9-10-14-26-54-46-21-20-44-36-56(40(4)49(44)35-46)48-22-19-39(3)45(34-48)33-42-16-12-13-17-42/h7,19-22,31-32,34-35,42-43,47,53-54H,1,4-5,8-18,23-30,33,36-37H2,2-3,6H3. The molecule has 1 unspecified atom stereocenters. The number of nitrogens with one attached hydrogen (secondary N) is 2. The quantitative estimate of drug-likeness (QED) is 0.0884. The topological polar surface area (TPSA) is 33.8 Å². The Hall–Kier alpha value is -3.80. The van der Waals surface area contributed by atoms with E-state index < -0.39 is 0 Å². The summed E-state index contributed by atoms with van der Waals surface area (Å²) in [5.74, 6) is 1.52. The van der Waals surface area contributed by atoms with Gasteiger partial charge in [0.1, 0.15) is 0 Å². The Morgan fingerprint density at radius 2 is 1.60 bits per heavy atom. The normalized spacial score (nSPS) is 18.1. The number of nitrogens with zero attached hydrogens (tertiary/aromatic N) is 3. The molecule has 7 rings (SSSR count). The molecule has 4 aliphatic rings. The van der Waals surface area contributed by atoms with Gasteiger partial charge in [0.2, 0.25) is 0 Å². The SMILES string of the molecule is C=CCCC(CCNC)N1Cc2c(cc(C)cc2C2CCN(CCCCCCCNc3ccc4c(c3)C(=C)N(c3ccc(C)c(CC5CCCC5)c3)C4)CC2)C1=C. The number of rotatable bonds is 20. The molecule has 306 valence electrons. The van der Waals surface area contributed by atoms with Gasteiger partial charge in [-0.25, -0.2) is 0 Å². The van der Waals surface area contributed by atoms with Crippen LogP contribution in [0.3, 0.4) is 0 Å². The number of fused-ring (bicyclic) bond motifs is 2. The summed E-state index contributed by atoms with van der Waals surface area (Å²) in [7, 11) is 2.06. The first-order valence-electron chi connectivity index (χ1n) is 22.8. The Labute approximate surface area is 346 Å². The lowest BCUT2D eigenvalue weighted by atomic mass is 9.84. The number of aryl methyl sites for hydroxylation is 2. The molecule has 0 spiro atoms. The molecule has 5 heteroatoms. The van der Waals surface area contributed by atoms with Crippen molar-refractivity contribution < 1.29 is 0 Å². The molecule has 3 heterocycles. The third-order valence-electron chi connectivity index (χ3n) is 14.0. The van der Waals surface area contributed by atoms with Crippen LogP contribution in [0.15, 0.2) is 74.3 Å². The van der Waals surface area contributed by atoms with Crippen LogP contribution in [0.25, 0.3) is 11.4 Å². The highest BCUT2D eigenvalue weighted by molar-refractivity contribution is 5.85. The molecule has 3 aliphatic heterocycles. The molecule has 0 amide bonds. The maximum absolute atomic E-state index is 4.64. The molecule has 0 radical (unpaired) electrons. The number of benzene rings is 3. The first-order valence-corrected chi connectivity index (χ1v) is 22.8. The fourth-order valence-corrected chi connectivity index (χ4v) is 10.5. The van der Waals surface area contributed by atoms with E-state index in [0.717, 1.165) is 57.1 Å². The summed E-state index contributed by atoms with van der Waals surface area (Å²) < 4.78 is 0. The first kappa shape index (κ1) is 41.4. The number of likely N-dealkylation sites (tertiary alicyclic amines) is 1. The van der Waals surface area contributed by atoms with E-state index in [4.69, 9.17) is 0 Å². The summed E-state index contributed by atoms with van der Waals surface area (Å²) in [4.78, 5) is 7.76. The van der Waals surface area contributed by atoms with Crippen LogP contribution in [0.1, 0.15) is 140 Å². The van der Waals surface area contributed by atoms with Crippen LogP contribution in [0.5, 0.6) is 0 Å². The first-order chi connectivity index (χ1) is 27.8. The Kier molecular flexibility index (Phi) is 14.3. The second-order valence-corrected chi connectivity index (χ2v) is 18.0. The van der Waals surface area contributed by atoms with Gasteiger partial charge in [-0.15, -0.1) is 6.58 Å². The molecule has 1 aliphatic carbocycles. The van der Waals surface area contributed by atoms with Crippen molar-refractivity contribution in [1.82, 2.24) is 15.1 Å². The third kappa shape index (κ3) is 10.1. The second kappa shape index (κ2) is 19.8. The fraction of sp³-hybridized carbons (Fsp3) is 0.538. The molecule has 57 heavy (non-hydrogen) atoms. The van der Waals surface area contributed by atoms with Crippen LogP contribution in [0.4, 0.5) is 11.4 Å². The van der Waals surface area contributed by atoms with Gasteiger partial charge < -0.3 is 25.3 Å². The minimum absolute atomic E-state index is 0.503. The van der Waals surface area contributed by atoms with Crippen LogP contribution >= 0.6 is 0 Å². The molecular weight excluding hydrogens is 695 g/mol. The average molecular weight is 768 g/mol. The maximum atomic E-state index is 4.64. The van der Waals surface area contributed by atoms with E-state index >= 15 is 0 Å². The van der Waals surface area contributed by atoms with Gasteiger partial charge in [-0.1, -0.05) is 87.9 Å². The van der Waals surface area contributed by atoms with Gasteiger partial charge in [0.05, 0.1) is 0 Å². The zero-order valence-corrected chi connectivity index (χ0v) is 35.9. The van der Waals surface area contributed by atoms with Gasteiger partial charge in [-0.2, -0.15) is 0 Å². The lowest BCUT2D eigenvalue weighted by Crippen LogP contribution is -2.34. The monoisotopic (exact) mass is 768 g/mol.